The molecular formula is C19H31NO2. The molecule has 1 atom stereocenters. The Morgan fingerprint density at radius 1 is 0.955 bits per heavy atom. The van der Waals surface area contributed by atoms with Crippen LogP contribution in [0, 0.1) is 10.1 Å². The number of hydrogen-bond donors (Lipinski definition) is 0. The van der Waals surface area contributed by atoms with E-state index in [1.807, 2.05) is 12.1 Å². The molecule has 1 rings (SSSR count). The molecule has 0 bridgehead atoms. The Kier molecular flexibility index (Phi) is 8.15. The molecule has 0 amide bonds. The maximum absolute atomic E-state index is 11.4. The van der Waals surface area contributed by atoms with Gasteiger partial charge in [0.15, 0.2) is 0 Å². The van der Waals surface area contributed by atoms with E-state index in [4.69, 9.17) is 0 Å². The van der Waals surface area contributed by atoms with Gasteiger partial charge in [0.1, 0.15) is 0 Å². The van der Waals surface area contributed by atoms with Crippen molar-refractivity contribution in [3.8, 4) is 0 Å². The summed E-state index contributed by atoms with van der Waals surface area (Å²) in [5.74, 6) is 0. The van der Waals surface area contributed by atoms with E-state index in [9.17, 15) is 10.1 Å². The molecule has 0 aliphatic heterocycles. The summed E-state index contributed by atoms with van der Waals surface area (Å²) in [6, 6.07) is 7.31. The first kappa shape index (κ1) is 18.7. The highest BCUT2D eigenvalue weighted by Gasteiger charge is 2.31. The van der Waals surface area contributed by atoms with Crippen molar-refractivity contribution in [2.75, 3.05) is 0 Å². The molecule has 0 aromatic heterocycles. The molecule has 1 aromatic carbocycles. The first-order valence-electron chi connectivity index (χ1n) is 8.79. The van der Waals surface area contributed by atoms with Gasteiger partial charge >= 0.3 is 0 Å². The molecule has 0 aliphatic carbocycles. The number of nitro benzene ring substituents is 1. The Balaban J connectivity index is 2.88. The molecule has 0 N–H and O–H groups in total. The molecule has 3 heteroatoms. The van der Waals surface area contributed by atoms with Crippen molar-refractivity contribution >= 4 is 5.69 Å². The van der Waals surface area contributed by atoms with Crippen molar-refractivity contribution in [2.45, 2.75) is 84.0 Å². The molecule has 1 aromatic rings. The van der Waals surface area contributed by atoms with Crippen LogP contribution >= 0.6 is 0 Å². The number of para-hydroxylation sites is 1. The highest BCUT2D eigenvalue weighted by atomic mass is 16.6. The Bertz CT molecular complexity index is 459. The van der Waals surface area contributed by atoms with E-state index in [1.54, 1.807) is 12.1 Å². The summed E-state index contributed by atoms with van der Waals surface area (Å²) in [5.41, 5.74) is 1.13. The first-order valence-corrected chi connectivity index (χ1v) is 8.79. The number of benzene rings is 1. The van der Waals surface area contributed by atoms with Crippen LogP contribution < -0.4 is 0 Å². The van der Waals surface area contributed by atoms with Crippen LogP contribution in [0.5, 0.6) is 0 Å². The van der Waals surface area contributed by atoms with Crippen molar-refractivity contribution in [1.29, 1.82) is 0 Å². The second-order valence-corrected chi connectivity index (χ2v) is 6.60. The molecule has 0 saturated heterocycles. The molecule has 124 valence electrons. The largest absolute Gasteiger partial charge is 0.273 e. The lowest BCUT2D eigenvalue weighted by atomic mass is 9.73. The van der Waals surface area contributed by atoms with Crippen LogP contribution in [0.3, 0.4) is 0 Å². The van der Waals surface area contributed by atoms with Gasteiger partial charge in [0.2, 0.25) is 0 Å². The number of nitrogens with zero attached hydrogens (tertiary/aromatic N) is 1. The van der Waals surface area contributed by atoms with Gasteiger partial charge in [-0.1, -0.05) is 83.9 Å². The zero-order chi connectivity index (χ0) is 16.4. The lowest BCUT2D eigenvalue weighted by molar-refractivity contribution is -0.386. The molecule has 0 aliphatic rings. The monoisotopic (exact) mass is 305 g/mol. The van der Waals surface area contributed by atoms with Crippen LogP contribution in [-0.2, 0) is 5.41 Å². The van der Waals surface area contributed by atoms with Crippen LogP contribution in [0.15, 0.2) is 24.3 Å². The summed E-state index contributed by atoms with van der Waals surface area (Å²) in [6.45, 7) is 6.62. The molecular weight excluding hydrogens is 274 g/mol. The minimum absolute atomic E-state index is 0.0775. The lowest BCUT2D eigenvalue weighted by Gasteiger charge is -2.30. The second kappa shape index (κ2) is 9.60. The van der Waals surface area contributed by atoms with E-state index >= 15 is 0 Å². The van der Waals surface area contributed by atoms with Crippen molar-refractivity contribution < 1.29 is 4.92 Å². The third-order valence-electron chi connectivity index (χ3n) is 4.67. The van der Waals surface area contributed by atoms with Crippen LogP contribution in [0.25, 0.3) is 0 Å². The third-order valence-corrected chi connectivity index (χ3v) is 4.67. The highest BCUT2D eigenvalue weighted by molar-refractivity contribution is 5.44. The first-order chi connectivity index (χ1) is 10.5. The fourth-order valence-electron chi connectivity index (χ4n) is 3.22. The van der Waals surface area contributed by atoms with E-state index in [2.05, 4.69) is 20.8 Å². The normalized spacial score (nSPS) is 13.8. The topological polar surface area (TPSA) is 43.1 Å². The summed E-state index contributed by atoms with van der Waals surface area (Å²) < 4.78 is 0. The van der Waals surface area contributed by atoms with E-state index in [-0.39, 0.29) is 16.0 Å². The fourth-order valence-corrected chi connectivity index (χ4v) is 3.22. The van der Waals surface area contributed by atoms with Gasteiger partial charge < -0.3 is 0 Å². The standard InChI is InChI=1S/C19H31NO2/c1-4-6-8-9-12-16-19(3,15-7-5-2)17-13-10-11-14-18(17)20(21)22/h10-11,13-14H,4-9,12,15-16H2,1-3H3. The van der Waals surface area contributed by atoms with Gasteiger partial charge in [-0.25, -0.2) is 0 Å². The Morgan fingerprint density at radius 2 is 1.55 bits per heavy atom. The van der Waals surface area contributed by atoms with E-state index in [1.165, 1.54) is 25.7 Å². The Morgan fingerprint density at radius 3 is 2.18 bits per heavy atom. The summed E-state index contributed by atoms with van der Waals surface area (Å²) >= 11 is 0. The highest BCUT2D eigenvalue weighted by Crippen LogP contribution is 2.39. The SMILES string of the molecule is CCCCCCCC(C)(CCCC)c1ccccc1[N+](=O)[O-]. The summed E-state index contributed by atoms with van der Waals surface area (Å²) in [7, 11) is 0. The predicted octanol–water partition coefficient (Wildman–Crippen LogP) is 6.40. The summed E-state index contributed by atoms with van der Waals surface area (Å²) in [6.07, 6.45) is 10.5. The summed E-state index contributed by atoms with van der Waals surface area (Å²) in [4.78, 5) is 11.1. The van der Waals surface area contributed by atoms with E-state index in [0.29, 0.717) is 0 Å². The lowest BCUT2D eigenvalue weighted by Crippen LogP contribution is -2.23. The number of rotatable bonds is 11. The average molecular weight is 305 g/mol. The van der Waals surface area contributed by atoms with Gasteiger partial charge in [-0.2, -0.15) is 0 Å². The summed E-state index contributed by atoms with van der Waals surface area (Å²) in [5, 5.41) is 11.4. The number of hydrogen-bond acceptors (Lipinski definition) is 2. The van der Waals surface area contributed by atoms with Gasteiger partial charge in [0, 0.05) is 11.6 Å². The predicted molar refractivity (Wildman–Crippen MR) is 93.3 cm³/mol. The Labute approximate surface area is 135 Å². The smallest absolute Gasteiger partial charge is 0.258 e. The molecule has 0 saturated carbocycles. The molecule has 0 fully saturated rings. The van der Waals surface area contributed by atoms with E-state index < -0.39 is 0 Å². The second-order valence-electron chi connectivity index (χ2n) is 6.60. The van der Waals surface area contributed by atoms with Gasteiger partial charge in [0.05, 0.1) is 4.92 Å². The number of unbranched alkanes of at least 4 members (excludes halogenated alkanes) is 5. The minimum atomic E-state index is -0.226. The molecule has 22 heavy (non-hydrogen) atoms. The van der Waals surface area contributed by atoms with Crippen molar-refractivity contribution in [1.82, 2.24) is 0 Å². The Hall–Kier alpha value is -1.38. The van der Waals surface area contributed by atoms with Gasteiger partial charge in [-0.05, 0) is 18.3 Å². The molecule has 0 heterocycles. The van der Waals surface area contributed by atoms with Gasteiger partial charge in [0.25, 0.3) is 5.69 Å². The zero-order valence-corrected chi connectivity index (χ0v) is 14.4. The van der Waals surface area contributed by atoms with Crippen molar-refractivity contribution in [2.24, 2.45) is 0 Å². The molecule has 1 unspecified atom stereocenters. The van der Waals surface area contributed by atoms with Crippen LogP contribution in [0.4, 0.5) is 5.69 Å². The quantitative estimate of drug-likeness (QED) is 0.269. The minimum Gasteiger partial charge on any atom is -0.258 e. The maximum Gasteiger partial charge on any atom is 0.273 e. The van der Waals surface area contributed by atoms with Crippen LogP contribution in [-0.4, -0.2) is 4.92 Å². The average Bonchev–Trinajstić information content (AvgIpc) is 2.52. The van der Waals surface area contributed by atoms with Crippen molar-refractivity contribution in [3.05, 3.63) is 39.9 Å². The van der Waals surface area contributed by atoms with Crippen LogP contribution in [0.1, 0.15) is 84.1 Å². The van der Waals surface area contributed by atoms with E-state index in [0.717, 1.165) is 37.7 Å². The molecule has 0 spiro atoms. The maximum atomic E-state index is 11.4. The van der Waals surface area contributed by atoms with Crippen LogP contribution in [0.2, 0.25) is 0 Å². The number of nitro groups is 1. The zero-order valence-electron chi connectivity index (χ0n) is 14.4. The van der Waals surface area contributed by atoms with Crippen molar-refractivity contribution in [3.63, 3.8) is 0 Å². The van der Waals surface area contributed by atoms with Gasteiger partial charge in [-0.3, -0.25) is 10.1 Å². The fraction of sp³-hybridized carbons (Fsp3) is 0.684. The van der Waals surface area contributed by atoms with Gasteiger partial charge in [-0.15, -0.1) is 0 Å². The third kappa shape index (κ3) is 5.43. The molecule has 0 radical (unpaired) electrons. The molecule has 3 nitrogen and oxygen atoms in total.